The van der Waals surface area contributed by atoms with Gasteiger partial charge in [0.1, 0.15) is 11.7 Å². The third-order valence-electron chi connectivity index (χ3n) is 7.93. The SMILES string of the molecule is O=Cc1c(C(=O)N2CCC(c3ccc4c(c3)CN(C3CCC(=O)NC3=O)C4=O)CC2)[nH]c2cc(Cl)ccc12. The van der Waals surface area contributed by atoms with Crippen molar-refractivity contribution in [2.24, 2.45) is 0 Å². The quantitative estimate of drug-likeness (QED) is 0.394. The lowest BCUT2D eigenvalue weighted by molar-refractivity contribution is -0.136. The van der Waals surface area contributed by atoms with E-state index in [1.165, 1.54) is 0 Å². The predicted octanol–water partition coefficient (Wildman–Crippen LogP) is 3.41. The zero-order valence-corrected chi connectivity index (χ0v) is 21.2. The number of aromatic nitrogens is 1. The molecule has 0 bridgehead atoms. The number of carbonyl (C=O) groups is 5. The average molecular weight is 533 g/mol. The van der Waals surface area contributed by atoms with Gasteiger partial charge in [-0.25, -0.2) is 0 Å². The van der Waals surface area contributed by atoms with Gasteiger partial charge in [-0.05, 0) is 54.5 Å². The lowest BCUT2D eigenvalue weighted by atomic mass is 9.87. The second-order valence-corrected chi connectivity index (χ2v) is 10.5. The second kappa shape index (κ2) is 9.40. The highest BCUT2D eigenvalue weighted by molar-refractivity contribution is 6.31. The van der Waals surface area contributed by atoms with Gasteiger partial charge >= 0.3 is 0 Å². The van der Waals surface area contributed by atoms with Gasteiger partial charge in [-0.1, -0.05) is 29.8 Å². The molecule has 2 aromatic carbocycles. The summed E-state index contributed by atoms with van der Waals surface area (Å²) in [5.74, 6) is -0.908. The molecule has 1 aromatic heterocycles. The summed E-state index contributed by atoms with van der Waals surface area (Å²) in [6, 6.07) is 10.3. The molecule has 4 amide bonds. The number of hydrogen-bond donors (Lipinski definition) is 2. The van der Waals surface area contributed by atoms with E-state index in [0.29, 0.717) is 59.4 Å². The first-order chi connectivity index (χ1) is 18.3. The van der Waals surface area contributed by atoms with Gasteiger partial charge in [0.25, 0.3) is 11.8 Å². The maximum atomic E-state index is 13.3. The molecule has 3 aromatic rings. The molecular weight excluding hydrogens is 508 g/mol. The van der Waals surface area contributed by atoms with Gasteiger partial charge in [-0.2, -0.15) is 0 Å². The van der Waals surface area contributed by atoms with Crippen LogP contribution in [-0.4, -0.2) is 63.8 Å². The molecule has 194 valence electrons. The zero-order valence-electron chi connectivity index (χ0n) is 20.5. The Morgan fingerprint density at radius 2 is 1.82 bits per heavy atom. The maximum Gasteiger partial charge on any atom is 0.271 e. The highest BCUT2D eigenvalue weighted by Crippen LogP contribution is 2.34. The number of likely N-dealkylation sites (tertiary alicyclic amines) is 1. The van der Waals surface area contributed by atoms with Crippen LogP contribution in [-0.2, 0) is 16.1 Å². The number of H-pyrrole nitrogens is 1. The molecule has 0 radical (unpaired) electrons. The normalized spacial score (nSPS) is 20.1. The minimum atomic E-state index is -0.637. The summed E-state index contributed by atoms with van der Waals surface area (Å²) in [4.78, 5) is 68.3. The molecule has 4 heterocycles. The number of nitrogens with zero attached hydrogens (tertiary/aromatic N) is 2. The van der Waals surface area contributed by atoms with Crippen LogP contribution in [0, 0.1) is 0 Å². The van der Waals surface area contributed by atoms with Crippen LogP contribution in [0.5, 0.6) is 0 Å². The fourth-order valence-electron chi connectivity index (χ4n) is 5.90. The maximum absolute atomic E-state index is 13.3. The number of aromatic amines is 1. The molecule has 3 aliphatic rings. The van der Waals surface area contributed by atoms with Crippen molar-refractivity contribution in [2.75, 3.05) is 13.1 Å². The van der Waals surface area contributed by atoms with Crippen LogP contribution in [0.1, 0.15) is 73.9 Å². The number of aldehydes is 1. The van der Waals surface area contributed by atoms with Gasteiger partial charge in [0, 0.05) is 47.5 Å². The van der Waals surface area contributed by atoms with Crippen LogP contribution in [0.3, 0.4) is 0 Å². The fourth-order valence-corrected chi connectivity index (χ4v) is 6.08. The number of imide groups is 1. The number of amides is 4. The third kappa shape index (κ3) is 4.07. The Balaban J connectivity index is 1.15. The van der Waals surface area contributed by atoms with E-state index >= 15 is 0 Å². The Morgan fingerprint density at radius 1 is 1.03 bits per heavy atom. The standard InChI is InChI=1S/C28H25ClN4O5/c29-18-2-4-20-21(14-34)25(30-22(20)12-18)28(38)32-9-7-15(8-10-32)16-1-3-19-17(11-16)13-33(27(19)37)23-5-6-24(35)31-26(23)36/h1-4,11-12,14-15,23,30H,5-10,13H2,(H,31,35,36). The van der Waals surface area contributed by atoms with Crippen molar-refractivity contribution >= 4 is 52.4 Å². The van der Waals surface area contributed by atoms with E-state index < -0.39 is 11.9 Å². The van der Waals surface area contributed by atoms with Crippen molar-refractivity contribution in [1.29, 1.82) is 0 Å². The zero-order chi connectivity index (χ0) is 26.6. The summed E-state index contributed by atoms with van der Waals surface area (Å²) >= 11 is 6.07. The molecule has 3 aliphatic heterocycles. The van der Waals surface area contributed by atoms with Gasteiger partial charge in [-0.3, -0.25) is 29.3 Å². The molecule has 38 heavy (non-hydrogen) atoms. The van der Waals surface area contributed by atoms with E-state index in [4.69, 9.17) is 11.6 Å². The van der Waals surface area contributed by atoms with E-state index in [0.717, 1.165) is 24.0 Å². The lowest BCUT2D eigenvalue weighted by Gasteiger charge is -2.32. The molecule has 0 aliphatic carbocycles. The molecule has 1 atom stereocenters. The van der Waals surface area contributed by atoms with Gasteiger partial charge in [0.05, 0.1) is 5.56 Å². The van der Waals surface area contributed by atoms with Crippen molar-refractivity contribution < 1.29 is 24.0 Å². The Labute approximate surface area is 223 Å². The van der Waals surface area contributed by atoms with Crippen LogP contribution in [0.4, 0.5) is 0 Å². The molecule has 2 fully saturated rings. The van der Waals surface area contributed by atoms with Crippen LogP contribution in [0.25, 0.3) is 10.9 Å². The highest BCUT2D eigenvalue weighted by Gasteiger charge is 2.39. The summed E-state index contributed by atoms with van der Waals surface area (Å²) < 4.78 is 0. The largest absolute Gasteiger partial charge is 0.350 e. The molecule has 1 unspecified atom stereocenters. The fraction of sp³-hybridized carbons (Fsp3) is 0.321. The number of carbonyl (C=O) groups excluding carboxylic acids is 5. The van der Waals surface area contributed by atoms with E-state index in [2.05, 4.69) is 10.3 Å². The van der Waals surface area contributed by atoms with Crippen LogP contribution < -0.4 is 5.32 Å². The highest BCUT2D eigenvalue weighted by atomic mass is 35.5. The van der Waals surface area contributed by atoms with Gasteiger partial charge in [0.15, 0.2) is 6.29 Å². The summed E-state index contributed by atoms with van der Waals surface area (Å²) in [6.45, 7) is 1.41. The molecule has 0 saturated carbocycles. The number of fused-ring (bicyclic) bond motifs is 2. The van der Waals surface area contributed by atoms with E-state index in [1.54, 1.807) is 28.0 Å². The minimum Gasteiger partial charge on any atom is -0.350 e. The Bertz CT molecular complexity index is 1520. The van der Waals surface area contributed by atoms with E-state index in [9.17, 15) is 24.0 Å². The van der Waals surface area contributed by atoms with E-state index in [-0.39, 0.29) is 35.8 Å². The minimum absolute atomic E-state index is 0.188. The predicted molar refractivity (Wildman–Crippen MR) is 139 cm³/mol. The molecule has 10 heteroatoms. The molecular formula is C28H25ClN4O5. The summed E-state index contributed by atoms with van der Waals surface area (Å²) in [6.07, 6.45) is 2.75. The van der Waals surface area contributed by atoms with Gasteiger partial charge in [0.2, 0.25) is 11.8 Å². The van der Waals surface area contributed by atoms with Crippen molar-refractivity contribution in [2.45, 2.75) is 44.2 Å². The molecule has 0 spiro atoms. The lowest BCUT2D eigenvalue weighted by Crippen LogP contribution is -2.52. The monoisotopic (exact) mass is 532 g/mol. The summed E-state index contributed by atoms with van der Waals surface area (Å²) in [7, 11) is 0. The second-order valence-electron chi connectivity index (χ2n) is 10.1. The first-order valence-corrected chi connectivity index (χ1v) is 13.0. The smallest absolute Gasteiger partial charge is 0.271 e. The third-order valence-corrected chi connectivity index (χ3v) is 8.17. The van der Waals surface area contributed by atoms with Crippen molar-refractivity contribution in [3.63, 3.8) is 0 Å². The van der Waals surface area contributed by atoms with Gasteiger partial charge < -0.3 is 14.8 Å². The summed E-state index contributed by atoms with van der Waals surface area (Å²) in [5, 5.41) is 3.52. The first-order valence-electron chi connectivity index (χ1n) is 12.7. The molecule has 2 saturated heterocycles. The number of nitrogens with one attached hydrogen (secondary N) is 2. The first kappa shape index (κ1) is 24.4. The topological polar surface area (TPSA) is 120 Å². The number of benzene rings is 2. The number of piperidine rings is 2. The average Bonchev–Trinajstić information content (AvgIpc) is 3.44. The molecule has 2 N–H and O–H groups in total. The number of halogens is 1. The Kier molecular flexibility index (Phi) is 6.03. The van der Waals surface area contributed by atoms with Crippen LogP contribution in [0.2, 0.25) is 5.02 Å². The van der Waals surface area contributed by atoms with Crippen LogP contribution in [0.15, 0.2) is 36.4 Å². The van der Waals surface area contributed by atoms with Gasteiger partial charge in [-0.15, -0.1) is 0 Å². The number of hydrogen-bond acceptors (Lipinski definition) is 5. The van der Waals surface area contributed by atoms with Crippen molar-refractivity contribution in [3.8, 4) is 0 Å². The Hall–Kier alpha value is -3.98. The van der Waals surface area contributed by atoms with E-state index in [1.807, 2.05) is 18.2 Å². The number of rotatable bonds is 4. The Morgan fingerprint density at radius 3 is 2.55 bits per heavy atom. The van der Waals surface area contributed by atoms with Crippen LogP contribution >= 0.6 is 11.6 Å². The summed E-state index contributed by atoms with van der Waals surface area (Å²) in [5.41, 5.74) is 3.84. The molecule has 9 nitrogen and oxygen atoms in total. The van der Waals surface area contributed by atoms with Crippen molar-refractivity contribution in [1.82, 2.24) is 20.1 Å². The van der Waals surface area contributed by atoms with Crippen molar-refractivity contribution in [3.05, 3.63) is 69.4 Å². The molecule has 6 rings (SSSR count).